The molecule has 2 aromatic heterocycles. The van der Waals surface area contributed by atoms with Crippen LogP contribution in [0.2, 0.25) is 10.0 Å². The van der Waals surface area contributed by atoms with Gasteiger partial charge in [0.05, 0.1) is 22.2 Å². The van der Waals surface area contributed by atoms with Crippen molar-refractivity contribution < 1.29 is 0 Å². The Hall–Kier alpha value is -1.89. The average molecular weight is 367 g/mol. The van der Waals surface area contributed by atoms with Crippen LogP contribution in [-0.4, -0.2) is 19.3 Å². The molecule has 0 saturated heterocycles. The van der Waals surface area contributed by atoms with Crippen LogP contribution in [0.3, 0.4) is 0 Å². The first kappa shape index (κ1) is 16.0. The second kappa shape index (κ2) is 6.31. The molecule has 0 aliphatic rings. The summed E-state index contributed by atoms with van der Waals surface area (Å²) in [5.41, 5.74) is 1.20. The maximum absolute atomic E-state index is 12.7. The Morgan fingerprint density at radius 3 is 2.70 bits per heavy atom. The van der Waals surface area contributed by atoms with Gasteiger partial charge in [0.15, 0.2) is 10.6 Å². The topological polar surface area (TPSA) is 55.6 Å². The molecule has 8 heteroatoms. The predicted molar refractivity (Wildman–Crippen MR) is 93.7 cm³/mol. The minimum atomic E-state index is -0.157. The van der Waals surface area contributed by atoms with Crippen molar-refractivity contribution in [2.75, 3.05) is 0 Å². The van der Waals surface area contributed by atoms with Crippen LogP contribution in [-0.2, 0) is 13.6 Å². The van der Waals surface area contributed by atoms with Crippen LogP contribution in [0, 0.1) is 4.77 Å². The molecule has 0 unspecified atom stereocenters. The third-order valence-electron chi connectivity index (χ3n) is 3.48. The molecule has 2 heterocycles. The van der Waals surface area contributed by atoms with Crippen molar-refractivity contribution in [2.24, 2.45) is 7.05 Å². The molecule has 1 N–H and O–H groups in total. The molecule has 0 atom stereocenters. The quantitative estimate of drug-likeness (QED) is 0.719. The maximum Gasteiger partial charge on any atom is 0.261 e. The van der Waals surface area contributed by atoms with Crippen LogP contribution in [0.4, 0.5) is 0 Å². The van der Waals surface area contributed by atoms with Gasteiger partial charge in [-0.25, -0.2) is 0 Å². The fourth-order valence-corrected chi connectivity index (χ4v) is 2.71. The van der Waals surface area contributed by atoms with Gasteiger partial charge in [0.25, 0.3) is 5.56 Å². The minimum absolute atomic E-state index is 0.157. The van der Waals surface area contributed by atoms with Gasteiger partial charge in [-0.1, -0.05) is 29.3 Å². The summed E-state index contributed by atoms with van der Waals surface area (Å²) < 4.78 is 3.71. The molecule has 0 fully saturated rings. The number of H-pyrrole nitrogens is 1. The van der Waals surface area contributed by atoms with Crippen molar-refractivity contribution in [1.29, 1.82) is 0 Å². The SMILES string of the molecule is Cn1c(-c2cccn(Cc3ccc(Cl)c(Cl)c3)c2=O)n[nH]c1=S. The molecule has 0 saturated carbocycles. The van der Waals surface area contributed by atoms with E-state index in [0.717, 1.165) is 5.56 Å². The number of aromatic nitrogens is 4. The standard InChI is InChI=1S/C15H12Cl2N4OS/c1-20-13(18-19-15(20)23)10-3-2-6-21(14(10)22)8-9-4-5-11(16)12(17)7-9/h2-7H,8H2,1H3,(H,19,23). The highest BCUT2D eigenvalue weighted by molar-refractivity contribution is 7.71. The van der Waals surface area contributed by atoms with Crippen LogP contribution in [0.25, 0.3) is 11.4 Å². The summed E-state index contributed by atoms with van der Waals surface area (Å²) in [7, 11) is 1.76. The van der Waals surface area contributed by atoms with Gasteiger partial charge in [-0.3, -0.25) is 9.89 Å². The second-order valence-electron chi connectivity index (χ2n) is 5.01. The number of nitrogens with zero attached hydrogens (tertiary/aromatic N) is 3. The fourth-order valence-electron chi connectivity index (χ4n) is 2.25. The summed E-state index contributed by atoms with van der Waals surface area (Å²) in [6, 6.07) is 8.82. The van der Waals surface area contributed by atoms with Gasteiger partial charge in [-0.15, -0.1) is 0 Å². The van der Waals surface area contributed by atoms with Crippen LogP contribution >= 0.6 is 35.4 Å². The smallest absolute Gasteiger partial charge is 0.261 e. The van der Waals surface area contributed by atoms with Gasteiger partial charge >= 0.3 is 0 Å². The normalized spacial score (nSPS) is 10.9. The van der Waals surface area contributed by atoms with E-state index >= 15 is 0 Å². The van der Waals surface area contributed by atoms with Crippen molar-refractivity contribution in [3.8, 4) is 11.4 Å². The Bertz CT molecular complexity index is 990. The van der Waals surface area contributed by atoms with Crippen LogP contribution in [0.1, 0.15) is 5.56 Å². The molecule has 5 nitrogen and oxygen atoms in total. The minimum Gasteiger partial charge on any atom is -0.310 e. The van der Waals surface area contributed by atoms with Crippen LogP contribution < -0.4 is 5.56 Å². The molecule has 0 aliphatic carbocycles. The lowest BCUT2D eigenvalue weighted by Crippen LogP contribution is -2.22. The van der Waals surface area contributed by atoms with E-state index in [-0.39, 0.29) is 5.56 Å². The number of halogens is 2. The highest BCUT2D eigenvalue weighted by Gasteiger charge is 2.12. The first-order valence-corrected chi connectivity index (χ1v) is 7.89. The average Bonchev–Trinajstić information content (AvgIpc) is 2.85. The molecular weight excluding hydrogens is 355 g/mol. The number of benzene rings is 1. The summed E-state index contributed by atoms with van der Waals surface area (Å²) in [4.78, 5) is 12.7. The highest BCUT2D eigenvalue weighted by atomic mass is 35.5. The van der Waals surface area contributed by atoms with E-state index in [4.69, 9.17) is 35.4 Å². The summed E-state index contributed by atoms with van der Waals surface area (Å²) in [6.07, 6.45) is 1.72. The Labute approximate surface area is 147 Å². The largest absolute Gasteiger partial charge is 0.310 e. The van der Waals surface area contributed by atoms with Crippen LogP contribution in [0.15, 0.2) is 41.3 Å². The Morgan fingerprint density at radius 1 is 1.26 bits per heavy atom. The van der Waals surface area contributed by atoms with Crippen molar-refractivity contribution in [3.63, 3.8) is 0 Å². The summed E-state index contributed by atoms with van der Waals surface area (Å²) in [6.45, 7) is 0.387. The Kier molecular flexibility index (Phi) is 4.39. The van der Waals surface area contributed by atoms with Crippen molar-refractivity contribution >= 4 is 35.4 Å². The number of pyridine rings is 1. The zero-order valence-electron chi connectivity index (χ0n) is 12.1. The molecular formula is C15H12Cl2N4OS. The van der Waals surface area contributed by atoms with E-state index in [2.05, 4.69) is 10.2 Å². The van der Waals surface area contributed by atoms with Crippen LogP contribution in [0.5, 0.6) is 0 Å². The van der Waals surface area contributed by atoms with Gasteiger partial charge < -0.3 is 9.13 Å². The third kappa shape index (κ3) is 3.10. The first-order chi connectivity index (χ1) is 11.0. The van der Waals surface area contributed by atoms with Gasteiger partial charge in [-0.05, 0) is 42.0 Å². The van der Waals surface area contributed by atoms with Gasteiger partial charge in [0.2, 0.25) is 0 Å². The number of nitrogens with one attached hydrogen (secondary N) is 1. The van der Waals surface area contributed by atoms with Gasteiger partial charge in [-0.2, -0.15) is 5.10 Å². The third-order valence-corrected chi connectivity index (χ3v) is 4.58. The fraction of sp³-hybridized carbons (Fsp3) is 0.133. The summed E-state index contributed by atoms with van der Waals surface area (Å²) in [5, 5.41) is 7.74. The molecule has 0 radical (unpaired) electrons. The zero-order chi connectivity index (χ0) is 16.6. The lowest BCUT2D eigenvalue weighted by Gasteiger charge is -2.09. The Balaban J connectivity index is 2.03. The van der Waals surface area contributed by atoms with Gasteiger partial charge in [0.1, 0.15) is 0 Å². The van der Waals surface area contributed by atoms with E-state index in [1.54, 1.807) is 46.6 Å². The lowest BCUT2D eigenvalue weighted by atomic mass is 10.2. The molecule has 118 valence electrons. The molecule has 23 heavy (non-hydrogen) atoms. The lowest BCUT2D eigenvalue weighted by molar-refractivity contribution is 0.758. The number of hydrogen-bond acceptors (Lipinski definition) is 3. The number of aromatic amines is 1. The van der Waals surface area contributed by atoms with Crippen molar-refractivity contribution in [3.05, 3.63) is 67.3 Å². The Morgan fingerprint density at radius 2 is 2.04 bits per heavy atom. The van der Waals surface area contributed by atoms with Crippen molar-refractivity contribution in [2.45, 2.75) is 6.54 Å². The molecule has 0 bridgehead atoms. The molecule has 0 spiro atoms. The number of rotatable bonds is 3. The molecule has 3 rings (SSSR count). The molecule has 1 aromatic carbocycles. The molecule has 3 aromatic rings. The number of hydrogen-bond donors (Lipinski definition) is 1. The molecule has 0 amide bonds. The van der Waals surface area contributed by atoms with E-state index in [1.165, 1.54) is 0 Å². The first-order valence-electron chi connectivity index (χ1n) is 6.72. The van der Waals surface area contributed by atoms with Crippen molar-refractivity contribution in [1.82, 2.24) is 19.3 Å². The summed E-state index contributed by atoms with van der Waals surface area (Å²) in [5.74, 6) is 0.503. The second-order valence-corrected chi connectivity index (χ2v) is 6.22. The predicted octanol–water partition coefficient (Wildman–Crippen LogP) is 3.66. The van der Waals surface area contributed by atoms with E-state index in [0.29, 0.717) is 32.7 Å². The van der Waals surface area contributed by atoms with E-state index in [9.17, 15) is 4.79 Å². The monoisotopic (exact) mass is 366 g/mol. The molecule has 0 aliphatic heterocycles. The van der Waals surface area contributed by atoms with Gasteiger partial charge in [0, 0.05) is 13.2 Å². The highest BCUT2D eigenvalue weighted by Crippen LogP contribution is 2.23. The van der Waals surface area contributed by atoms with E-state index in [1.807, 2.05) is 6.07 Å². The summed E-state index contributed by atoms with van der Waals surface area (Å²) >= 11 is 17.0. The zero-order valence-corrected chi connectivity index (χ0v) is 14.4. The maximum atomic E-state index is 12.7. The van der Waals surface area contributed by atoms with E-state index < -0.39 is 0 Å².